The molecule has 2 aromatic carbocycles. The zero-order valence-corrected chi connectivity index (χ0v) is 13.9. The highest BCUT2D eigenvalue weighted by Crippen LogP contribution is 2.34. The van der Waals surface area contributed by atoms with Gasteiger partial charge in [0, 0.05) is 23.2 Å². The molecule has 118 valence electrons. The molecular formula is C19H17F2NS. The van der Waals surface area contributed by atoms with E-state index >= 15 is 0 Å². The maximum atomic E-state index is 14.0. The number of aryl methyl sites for hydroxylation is 1. The quantitative estimate of drug-likeness (QED) is 0.542. The molecule has 0 bridgehead atoms. The van der Waals surface area contributed by atoms with E-state index < -0.39 is 11.6 Å². The minimum Gasteiger partial charge on any atom is -0.244 e. The summed E-state index contributed by atoms with van der Waals surface area (Å²) in [6, 6.07) is 5.97. The molecule has 0 aliphatic carbocycles. The average molecular weight is 329 g/mol. The molecule has 0 atom stereocenters. The molecule has 3 aromatic rings. The third-order valence-electron chi connectivity index (χ3n) is 3.82. The summed E-state index contributed by atoms with van der Waals surface area (Å²) in [5.74, 6) is -1.09. The topological polar surface area (TPSA) is 12.9 Å². The summed E-state index contributed by atoms with van der Waals surface area (Å²) in [6.07, 6.45) is 3.80. The zero-order valence-electron chi connectivity index (χ0n) is 13.1. The molecule has 0 N–H and O–H groups in total. The van der Waals surface area contributed by atoms with Crippen LogP contribution in [0.15, 0.2) is 37.0 Å². The van der Waals surface area contributed by atoms with E-state index in [-0.39, 0.29) is 0 Å². The second-order valence-electron chi connectivity index (χ2n) is 5.66. The first kappa shape index (κ1) is 15.8. The van der Waals surface area contributed by atoms with E-state index in [4.69, 9.17) is 0 Å². The largest absolute Gasteiger partial charge is 0.244 e. The van der Waals surface area contributed by atoms with Gasteiger partial charge < -0.3 is 0 Å². The molecule has 3 rings (SSSR count). The molecular weight excluding hydrogens is 312 g/mol. The summed E-state index contributed by atoms with van der Waals surface area (Å²) >= 11 is 1.56. The van der Waals surface area contributed by atoms with Crippen molar-refractivity contribution in [1.29, 1.82) is 0 Å². The molecule has 0 aliphatic heterocycles. The van der Waals surface area contributed by atoms with Gasteiger partial charge in [-0.05, 0) is 48.1 Å². The first-order valence-corrected chi connectivity index (χ1v) is 8.35. The van der Waals surface area contributed by atoms with Crippen molar-refractivity contribution in [3.05, 3.63) is 59.1 Å². The number of aromatic nitrogens is 1. The lowest BCUT2D eigenvalue weighted by Crippen LogP contribution is -1.88. The molecule has 0 spiro atoms. The van der Waals surface area contributed by atoms with E-state index in [2.05, 4.69) is 18.5 Å². The zero-order chi connectivity index (χ0) is 16.6. The molecule has 0 unspecified atom stereocenters. The number of hydrogen-bond donors (Lipinski definition) is 0. The second kappa shape index (κ2) is 6.20. The molecule has 0 amide bonds. The lowest BCUT2D eigenvalue weighted by Gasteiger charge is -2.07. The van der Waals surface area contributed by atoms with E-state index in [1.165, 1.54) is 6.07 Å². The molecule has 1 aromatic heterocycles. The summed E-state index contributed by atoms with van der Waals surface area (Å²) < 4.78 is 27.5. The third-order valence-corrected chi connectivity index (χ3v) is 4.96. The van der Waals surface area contributed by atoms with Gasteiger partial charge in [0.05, 0.1) is 4.88 Å². The van der Waals surface area contributed by atoms with Crippen molar-refractivity contribution >= 4 is 27.7 Å². The van der Waals surface area contributed by atoms with Gasteiger partial charge in [0.25, 0.3) is 0 Å². The Bertz CT molecular complexity index is 896. The summed E-state index contributed by atoms with van der Waals surface area (Å²) in [5.41, 5.74) is 2.73. The van der Waals surface area contributed by atoms with Crippen molar-refractivity contribution < 1.29 is 8.78 Å². The lowest BCUT2D eigenvalue weighted by atomic mass is 10.0. The maximum Gasteiger partial charge on any atom is 0.134 e. The minimum absolute atomic E-state index is 0.460. The van der Waals surface area contributed by atoms with Crippen LogP contribution in [0.2, 0.25) is 0 Å². The lowest BCUT2D eigenvalue weighted by molar-refractivity contribution is 0.592. The highest BCUT2D eigenvalue weighted by Gasteiger charge is 2.12. The van der Waals surface area contributed by atoms with Crippen molar-refractivity contribution in [3.63, 3.8) is 0 Å². The fourth-order valence-electron chi connectivity index (χ4n) is 2.76. The second-order valence-corrected chi connectivity index (χ2v) is 6.69. The first-order valence-electron chi connectivity index (χ1n) is 7.53. The molecule has 0 saturated carbocycles. The molecule has 0 saturated heterocycles. The normalized spacial score (nSPS) is 11.1. The SMILES string of the molecule is C=C(CCC)c1cnc(-c2cc(C)c3c(F)cc(F)cc3c2)s1. The number of benzene rings is 2. The number of hydrogen-bond acceptors (Lipinski definition) is 2. The predicted molar refractivity (Wildman–Crippen MR) is 93.7 cm³/mol. The number of rotatable bonds is 4. The smallest absolute Gasteiger partial charge is 0.134 e. The van der Waals surface area contributed by atoms with Crippen LogP contribution in [0.25, 0.3) is 26.9 Å². The number of halogens is 2. The fraction of sp³-hybridized carbons (Fsp3) is 0.211. The van der Waals surface area contributed by atoms with Crippen LogP contribution in [0.4, 0.5) is 8.78 Å². The van der Waals surface area contributed by atoms with Gasteiger partial charge in [0.2, 0.25) is 0 Å². The van der Waals surface area contributed by atoms with E-state index in [9.17, 15) is 8.78 Å². The Kier molecular flexibility index (Phi) is 4.26. The Labute approximate surface area is 138 Å². The van der Waals surface area contributed by atoms with Crippen LogP contribution in [-0.2, 0) is 0 Å². The summed E-state index contributed by atoms with van der Waals surface area (Å²) in [6.45, 7) is 8.03. The number of nitrogens with zero attached hydrogens (tertiary/aromatic N) is 1. The summed E-state index contributed by atoms with van der Waals surface area (Å²) in [5, 5.41) is 1.86. The van der Waals surface area contributed by atoms with Crippen molar-refractivity contribution in [3.8, 4) is 10.6 Å². The number of fused-ring (bicyclic) bond motifs is 1. The van der Waals surface area contributed by atoms with Gasteiger partial charge in [-0.2, -0.15) is 0 Å². The van der Waals surface area contributed by atoms with E-state index in [1.807, 2.05) is 19.2 Å². The molecule has 23 heavy (non-hydrogen) atoms. The number of allylic oxidation sites excluding steroid dienone is 1. The van der Waals surface area contributed by atoms with Gasteiger partial charge >= 0.3 is 0 Å². The van der Waals surface area contributed by atoms with Crippen LogP contribution in [-0.4, -0.2) is 4.98 Å². The van der Waals surface area contributed by atoms with E-state index in [0.29, 0.717) is 10.8 Å². The maximum absolute atomic E-state index is 14.0. The van der Waals surface area contributed by atoms with Crippen molar-refractivity contribution in [2.75, 3.05) is 0 Å². The monoisotopic (exact) mass is 329 g/mol. The molecule has 1 nitrogen and oxygen atoms in total. The molecule has 4 heteroatoms. The first-order chi connectivity index (χ1) is 11.0. The highest BCUT2D eigenvalue weighted by molar-refractivity contribution is 7.16. The van der Waals surface area contributed by atoms with Crippen LogP contribution in [0, 0.1) is 18.6 Å². The standard InChI is InChI=1S/C19H17F2NS/c1-4-5-11(2)17-10-22-19(23-17)14-6-12(3)18-13(7-14)8-15(20)9-16(18)21/h6-10H,2,4-5H2,1,3H3. The molecule has 0 fully saturated rings. The van der Waals surface area contributed by atoms with Crippen LogP contribution >= 0.6 is 11.3 Å². The Hall–Kier alpha value is -2.07. The summed E-state index contributed by atoms with van der Waals surface area (Å²) in [4.78, 5) is 5.51. The van der Waals surface area contributed by atoms with Gasteiger partial charge in [0.1, 0.15) is 16.6 Å². The number of thiazole rings is 1. The Morgan fingerprint density at radius 1 is 1.22 bits per heavy atom. The van der Waals surface area contributed by atoms with Gasteiger partial charge in [-0.25, -0.2) is 13.8 Å². The minimum atomic E-state index is -0.567. The van der Waals surface area contributed by atoms with Crippen LogP contribution in [0.5, 0.6) is 0 Å². The van der Waals surface area contributed by atoms with Crippen LogP contribution in [0.1, 0.15) is 30.2 Å². The van der Waals surface area contributed by atoms with Crippen molar-refractivity contribution in [1.82, 2.24) is 4.98 Å². The third kappa shape index (κ3) is 3.04. The Morgan fingerprint density at radius 3 is 2.74 bits per heavy atom. The molecule has 0 radical (unpaired) electrons. The van der Waals surface area contributed by atoms with Crippen molar-refractivity contribution in [2.24, 2.45) is 0 Å². The van der Waals surface area contributed by atoms with Gasteiger partial charge in [-0.15, -0.1) is 11.3 Å². The Morgan fingerprint density at radius 2 is 2.00 bits per heavy atom. The Balaban J connectivity index is 2.09. The fourth-order valence-corrected chi connectivity index (χ4v) is 3.66. The van der Waals surface area contributed by atoms with Gasteiger partial charge in [-0.1, -0.05) is 19.9 Å². The predicted octanol–water partition coefficient (Wildman–Crippen LogP) is 6.36. The van der Waals surface area contributed by atoms with Gasteiger partial charge in [-0.3, -0.25) is 0 Å². The van der Waals surface area contributed by atoms with Crippen molar-refractivity contribution in [2.45, 2.75) is 26.7 Å². The highest BCUT2D eigenvalue weighted by atomic mass is 32.1. The molecule has 0 aliphatic rings. The van der Waals surface area contributed by atoms with E-state index in [0.717, 1.165) is 45.5 Å². The van der Waals surface area contributed by atoms with Gasteiger partial charge in [0.15, 0.2) is 0 Å². The van der Waals surface area contributed by atoms with Crippen LogP contribution in [0.3, 0.4) is 0 Å². The average Bonchev–Trinajstić information content (AvgIpc) is 2.96. The van der Waals surface area contributed by atoms with Crippen LogP contribution < -0.4 is 0 Å². The van der Waals surface area contributed by atoms with E-state index in [1.54, 1.807) is 17.4 Å². The molecule has 1 heterocycles. The summed E-state index contributed by atoms with van der Waals surface area (Å²) in [7, 11) is 0.